The van der Waals surface area contributed by atoms with Gasteiger partial charge in [-0.05, 0) is 36.8 Å². The first kappa shape index (κ1) is 18.6. The maximum absolute atomic E-state index is 12.9. The minimum absolute atomic E-state index is 0.0391. The summed E-state index contributed by atoms with van der Waals surface area (Å²) in [4.78, 5) is 27.2. The number of nitrogens with zero attached hydrogens (tertiary/aromatic N) is 1. The van der Waals surface area contributed by atoms with E-state index in [4.69, 9.17) is 11.6 Å². The number of sulfone groups is 1. The van der Waals surface area contributed by atoms with Gasteiger partial charge in [0, 0.05) is 29.2 Å². The molecular formula is C19H18ClNO4S. The molecule has 0 saturated carbocycles. The van der Waals surface area contributed by atoms with Crippen molar-refractivity contribution < 1.29 is 18.0 Å². The number of hydrogen-bond acceptors (Lipinski definition) is 4. The van der Waals surface area contributed by atoms with Gasteiger partial charge in [-0.25, -0.2) is 8.42 Å². The lowest BCUT2D eigenvalue weighted by Crippen LogP contribution is -2.38. The molecule has 1 atom stereocenters. The first-order valence-electron chi connectivity index (χ1n) is 8.15. The van der Waals surface area contributed by atoms with E-state index in [1.165, 1.54) is 4.90 Å². The molecule has 1 amide bonds. The zero-order valence-electron chi connectivity index (χ0n) is 14.2. The average Bonchev–Trinajstić information content (AvgIpc) is 3.00. The quantitative estimate of drug-likeness (QED) is 0.751. The highest BCUT2D eigenvalue weighted by Gasteiger charge is 2.34. The van der Waals surface area contributed by atoms with Gasteiger partial charge in [-0.1, -0.05) is 29.8 Å². The number of carbonyl (C=O) groups is 2. The monoisotopic (exact) mass is 391 g/mol. The van der Waals surface area contributed by atoms with Crippen LogP contribution in [0.25, 0.3) is 0 Å². The highest BCUT2D eigenvalue weighted by molar-refractivity contribution is 7.91. The first-order valence-corrected chi connectivity index (χ1v) is 10.4. The Labute approximate surface area is 157 Å². The number of ketones is 1. The second kappa shape index (κ2) is 7.21. The number of halogens is 1. The lowest BCUT2D eigenvalue weighted by atomic mass is 9.97. The average molecular weight is 392 g/mol. The van der Waals surface area contributed by atoms with Crippen molar-refractivity contribution in [3.8, 4) is 0 Å². The summed E-state index contributed by atoms with van der Waals surface area (Å²) in [6.45, 7) is 0. The summed E-state index contributed by atoms with van der Waals surface area (Å²) in [7, 11) is -1.52. The van der Waals surface area contributed by atoms with Gasteiger partial charge < -0.3 is 4.90 Å². The fourth-order valence-corrected chi connectivity index (χ4v) is 4.96. The fraction of sp³-hybridized carbons (Fsp3) is 0.263. The summed E-state index contributed by atoms with van der Waals surface area (Å²) in [5.41, 5.74) is 0.979. The van der Waals surface area contributed by atoms with E-state index < -0.39 is 9.84 Å². The van der Waals surface area contributed by atoms with E-state index >= 15 is 0 Å². The molecule has 1 unspecified atom stereocenters. The van der Waals surface area contributed by atoms with Gasteiger partial charge in [0.05, 0.1) is 17.1 Å². The summed E-state index contributed by atoms with van der Waals surface area (Å²) in [5.74, 6) is -0.591. The summed E-state index contributed by atoms with van der Waals surface area (Å²) in [6.07, 6.45) is 0.415. The zero-order valence-corrected chi connectivity index (χ0v) is 15.8. The van der Waals surface area contributed by atoms with Crippen LogP contribution in [0.1, 0.15) is 32.7 Å². The highest BCUT2D eigenvalue weighted by atomic mass is 35.5. The Kier molecular flexibility index (Phi) is 5.16. The molecule has 0 aliphatic carbocycles. The molecule has 1 saturated heterocycles. The zero-order chi connectivity index (χ0) is 18.9. The van der Waals surface area contributed by atoms with Crippen molar-refractivity contribution in [1.29, 1.82) is 0 Å². The van der Waals surface area contributed by atoms with Crippen molar-refractivity contribution in [1.82, 2.24) is 4.90 Å². The largest absolute Gasteiger partial charge is 0.338 e. The number of benzene rings is 2. The molecule has 136 valence electrons. The van der Waals surface area contributed by atoms with Crippen LogP contribution < -0.4 is 0 Å². The van der Waals surface area contributed by atoms with Gasteiger partial charge in [0.15, 0.2) is 15.6 Å². The SMILES string of the molecule is CN(C(=O)c1ccccc1C(=O)c1ccc(Cl)cc1)C1CCS(=O)(=O)C1. The minimum Gasteiger partial charge on any atom is -0.338 e. The smallest absolute Gasteiger partial charge is 0.254 e. The van der Waals surface area contributed by atoms with Crippen LogP contribution >= 0.6 is 11.6 Å². The predicted molar refractivity (Wildman–Crippen MR) is 100 cm³/mol. The molecule has 7 heteroatoms. The molecule has 0 spiro atoms. The van der Waals surface area contributed by atoms with Gasteiger partial charge in [0.25, 0.3) is 5.91 Å². The van der Waals surface area contributed by atoms with E-state index in [1.807, 2.05) is 0 Å². The third-order valence-electron chi connectivity index (χ3n) is 4.58. The van der Waals surface area contributed by atoms with Crippen molar-refractivity contribution in [2.45, 2.75) is 12.5 Å². The molecular weight excluding hydrogens is 374 g/mol. The van der Waals surface area contributed by atoms with Gasteiger partial charge in [-0.15, -0.1) is 0 Å². The van der Waals surface area contributed by atoms with Crippen molar-refractivity contribution >= 4 is 33.1 Å². The van der Waals surface area contributed by atoms with Gasteiger partial charge in [-0.3, -0.25) is 9.59 Å². The second-order valence-corrected chi connectivity index (χ2v) is 9.02. The fourth-order valence-electron chi connectivity index (χ4n) is 3.06. The van der Waals surface area contributed by atoms with Crippen LogP contribution in [0.5, 0.6) is 0 Å². The van der Waals surface area contributed by atoms with Crippen molar-refractivity contribution in [3.05, 3.63) is 70.2 Å². The summed E-state index contributed by atoms with van der Waals surface area (Å²) in [6, 6.07) is 12.7. The lowest BCUT2D eigenvalue weighted by molar-refractivity contribution is 0.0743. The van der Waals surface area contributed by atoms with Gasteiger partial charge in [-0.2, -0.15) is 0 Å². The number of amides is 1. The van der Waals surface area contributed by atoms with Crippen LogP contribution in [0.15, 0.2) is 48.5 Å². The third-order valence-corrected chi connectivity index (χ3v) is 6.59. The van der Waals surface area contributed by atoms with Crippen LogP contribution in [-0.2, 0) is 9.84 Å². The lowest BCUT2D eigenvalue weighted by Gasteiger charge is -2.24. The number of rotatable bonds is 4. The predicted octanol–water partition coefficient (Wildman–Crippen LogP) is 2.83. The summed E-state index contributed by atoms with van der Waals surface area (Å²) < 4.78 is 23.4. The second-order valence-electron chi connectivity index (χ2n) is 6.35. The summed E-state index contributed by atoms with van der Waals surface area (Å²) in [5, 5.41) is 0.521. The van der Waals surface area contributed by atoms with E-state index in [1.54, 1.807) is 55.6 Å². The molecule has 3 rings (SSSR count). The van der Waals surface area contributed by atoms with Gasteiger partial charge in [0.1, 0.15) is 0 Å². The summed E-state index contributed by atoms with van der Waals surface area (Å²) >= 11 is 5.86. The molecule has 1 heterocycles. The Bertz CT molecular complexity index is 954. The molecule has 26 heavy (non-hydrogen) atoms. The molecule has 1 aliphatic rings. The van der Waals surface area contributed by atoms with Crippen molar-refractivity contribution in [2.75, 3.05) is 18.6 Å². The van der Waals surface area contributed by atoms with Crippen molar-refractivity contribution in [2.24, 2.45) is 0 Å². The van der Waals surface area contributed by atoms with Crippen LogP contribution in [0.3, 0.4) is 0 Å². The first-order chi connectivity index (χ1) is 12.3. The Balaban J connectivity index is 1.90. The molecule has 2 aromatic carbocycles. The molecule has 1 fully saturated rings. The van der Waals surface area contributed by atoms with E-state index in [-0.39, 0.29) is 40.4 Å². The maximum Gasteiger partial charge on any atom is 0.254 e. The van der Waals surface area contributed by atoms with E-state index in [9.17, 15) is 18.0 Å². The maximum atomic E-state index is 12.9. The number of carbonyl (C=O) groups excluding carboxylic acids is 2. The molecule has 5 nitrogen and oxygen atoms in total. The van der Waals surface area contributed by atoms with Crippen LogP contribution in [0.4, 0.5) is 0 Å². The molecule has 2 aromatic rings. The minimum atomic E-state index is -3.10. The molecule has 0 radical (unpaired) electrons. The topological polar surface area (TPSA) is 71.5 Å². The molecule has 0 bridgehead atoms. The Morgan fingerprint density at radius 3 is 2.23 bits per heavy atom. The van der Waals surface area contributed by atoms with E-state index in [2.05, 4.69) is 0 Å². The van der Waals surface area contributed by atoms with E-state index in [0.29, 0.717) is 17.0 Å². The van der Waals surface area contributed by atoms with Gasteiger partial charge >= 0.3 is 0 Å². The van der Waals surface area contributed by atoms with Crippen molar-refractivity contribution in [3.63, 3.8) is 0 Å². The molecule has 1 aliphatic heterocycles. The Morgan fingerprint density at radius 1 is 1.04 bits per heavy atom. The van der Waals surface area contributed by atoms with Gasteiger partial charge in [0.2, 0.25) is 0 Å². The third kappa shape index (κ3) is 3.81. The Morgan fingerprint density at radius 2 is 1.65 bits per heavy atom. The van der Waals surface area contributed by atoms with E-state index in [0.717, 1.165) is 0 Å². The highest BCUT2D eigenvalue weighted by Crippen LogP contribution is 2.22. The normalized spacial score (nSPS) is 18.5. The molecule has 0 aromatic heterocycles. The number of hydrogen-bond donors (Lipinski definition) is 0. The van der Waals surface area contributed by atoms with Crippen LogP contribution in [0.2, 0.25) is 5.02 Å². The standard InChI is InChI=1S/C19H18ClNO4S/c1-21(15-10-11-26(24,25)12-15)19(23)17-5-3-2-4-16(17)18(22)13-6-8-14(20)9-7-13/h2-9,15H,10-12H2,1H3. The van der Waals surface area contributed by atoms with Crippen LogP contribution in [0, 0.1) is 0 Å². The molecule has 0 N–H and O–H groups in total. The Hall–Kier alpha value is -2.18. The van der Waals surface area contributed by atoms with Crippen LogP contribution in [-0.4, -0.2) is 49.6 Å².